The monoisotopic (exact) mass is 333 g/mol. The number of methoxy groups -OCH3 is 1. The smallest absolute Gasteiger partial charge is 0.133 e. The van der Waals surface area contributed by atoms with E-state index in [0.717, 1.165) is 23.1 Å². The van der Waals surface area contributed by atoms with E-state index < -0.39 is 0 Å². The van der Waals surface area contributed by atoms with Gasteiger partial charge in [-0.1, -0.05) is 37.3 Å². The van der Waals surface area contributed by atoms with Crippen LogP contribution in [-0.2, 0) is 12.8 Å². The highest BCUT2D eigenvalue weighted by Gasteiger charge is 2.11. The second kappa shape index (κ2) is 6.91. The van der Waals surface area contributed by atoms with Gasteiger partial charge in [0.05, 0.1) is 11.6 Å². The van der Waals surface area contributed by atoms with Gasteiger partial charge in [0.15, 0.2) is 0 Å². The van der Waals surface area contributed by atoms with Gasteiger partial charge in [-0.15, -0.1) is 0 Å². The van der Waals surface area contributed by atoms with Crippen molar-refractivity contribution in [2.45, 2.75) is 25.8 Å². The van der Waals surface area contributed by atoms with Gasteiger partial charge in [0.2, 0.25) is 0 Å². The summed E-state index contributed by atoms with van der Waals surface area (Å²) < 4.78 is 6.21. The summed E-state index contributed by atoms with van der Waals surface area (Å²) in [5, 5.41) is 0. The molecule has 0 spiro atoms. The van der Waals surface area contributed by atoms with Crippen molar-refractivity contribution in [3.8, 4) is 5.75 Å². The minimum absolute atomic E-state index is 0.0199. The van der Waals surface area contributed by atoms with Gasteiger partial charge in [-0.05, 0) is 57.6 Å². The Morgan fingerprint density at radius 2 is 1.95 bits per heavy atom. The van der Waals surface area contributed by atoms with Crippen LogP contribution in [-0.4, -0.2) is 7.11 Å². The van der Waals surface area contributed by atoms with Crippen LogP contribution in [0.4, 0.5) is 0 Å². The third-order valence-electron chi connectivity index (χ3n) is 3.51. The molecule has 20 heavy (non-hydrogen) atoms. The zero-order valence-electron chi connectivity index (χ0n) is 11.9. The first kappa shape index (κ1) is 15.1. The van der Waals surface area contributed by atoms with E-state index in [1.807, 2.05) is 6.07 Å². The first-order valence-electron chi connectivity index (χ1n) is 6.81. The second-order valence-corrected chi connectivity index (χ2v) is 5.69. The zero-order valence-corrected chi connectivity index (χ0v) is 13.5. The Hall–Kier alpha value is -1.32. The summed E-state index contributed by atoms with van der Waals surface area (Å²) in [6.45, 7) is 2.16. The predicted molar refractivity (Wildman–Crippen MR) is 87.1 cm³/mol. The van der Waals surface area contributed by atoms with E-state index in [-0.39, 0.29) is 6.04 Å². The summed E-state index contributed by atoms with van der Waals surface area (Å²) in [5.74, 6) is 0.844. The molecule has 2 N–H and O–H groups in total. The van der Waals surface area contributed by atoms with Crippen molar-refractivity contribution in [1.29, 1.82) is 0 Å². The maximum Gasteiger partial charge on any atom is 0.133 e. The molecule has 0 aromatic heterocycles. The van der Waals surface area contributed by atoms with E-state index in [0.29, 0.717) is 0 Å². The van der Waals surface area contributed by atoms with Gasteiger partial charge in [-0.25, -0.2) is 0 Å². The van der Waals surface area contributed by atoms with Crippen LogP contribution in [0.2, 0.25) is 0 Å². The van der Waals surface area contributed by atoms with Crippen LogP contribution in [0.5, 0.6) is 5.75 Å². The molecule has 0 saturated heterocycles. The van der Waals surface area contributed by atoms with Gasteiger partial charge in [0.1, 0.15) is 5.75 Å². The second-order valence-electron chi connectivity index (χ2n) is 4.83. The van der Waals surface area contributed by atoms with Gasteiger partial charge in [-0.3, -0.25) is 0 Å². The molecule has 2 aromatic carbocycles. The van der Waals surface area contributed by atoms with Crippen molar-refractivity contribution in [3.63, 3.8) is 0 Å². The van der Waals surface area contributed by atoms with Gasteiger partial charge in [0.25, 0.3) is 0 Å². The van der Waals surface area contributed by atoms with Crippen LogP contribution in [0, 0.1) is 0 Å². The van der Waals surface area contributed by atoms with Crippen LogP contribution >= 0.6 is 15.9 Å². The number of hydrogen-bond donors (Lipinski definition) is 1. The van der Waals surface area contributed by atoms with Gasteiger partial charge < -0.3 is 10.5 Å². The highest BCUT2D eigenvalue weighted by molar-refractivity contribution is 9.10. The first-order chi connectivity index (χ1) is 9.65. The standard InChI is InChI=1S/C17H20BrNO/c1-3-13-6-4-5-7-14(13)16(19)11-12-8-9-17(20-2)15(18)10-12/h4-10,16H,3,11,19H2,1-2H3. The molecule has 0 aliphatic carbocycles. The summed E-state index contributed by atoms with van der Waals surface area (Å²) in [5.41, 5.74) is 10.1. The molecule has 3 heteroatoms. The number of rotatable bonds is 5. The quantitative estimate of drug-likeness (QED) is 0.887. The van der Waals surface area contributed by atoms with Gasteiger partial charge >= 0.3 is 0 Å². The van der Waals surface area contributed by atoms with E-state index in [9.17, 15) is 0 Å². The molecule has 0 aliphatic rings. The molecule has 2 nitrogen and oxygen atoms in total. The highest BCUT2D eigenvalue weighted by Crippen LogP contribution is 2.28. The lowest BCUT2D eigenvalue weighted by Crippen LogP contribution is -2.15. The van der Waals surface area contributed by atoms with Crippen molar-refractivity contribution in [3.05, 3.63) is 63.6 Å². The van der Waals surface area contributed by atoms with Crippen molar-refractivity contribution in [1.82, 2.24) is 0 Å². The van der Waals surface area contributed by atoms with Gasteiger partial charge in [-0.2, -0.15) is 0 Å². The van der Waals surface area contributed by atoms with E-state index in [4.69, 9.17) is 10.5 Å². The Morgan fingerprint density at radius 1 is 1.20 bits per heavy atom. The molecule has 0 amide bonds. The fourth-order valence-electron chi connectivity index (χ4n) is 2.42. The molecule has 0 bridgehead atoms. The Morgan fingerprint density at radius 3 is 2.60 bits per heavy atom. The molecule has 0 aliphatic heterocycles. The molecular weight excluding hydrogens is 314 g/mol. The lowest BCUT2D eigenvalue weighted by Gasteiger charge is -2.16. The summed E-state index contributed by atoms with van der Waals surface area (Å²) in [7, 11) is 1.67. The van der Waals surface area contributed by atoms with Gasteiger partial charge in [0, 0.05) is 6.04 Å². The molecule has 1 unspecified atom stereocenters. The molecule has 0 fully saturated rings. The normalized spacial score (nSPS) is 12.2. The zero-order chi connectivity index (χ0) is 14.5. The minimum Gasteiger partial charge on any atom is -0.496 e. The maximum absolute atomic E-state index is 6.38. The number of aryl methyl sites for hydroxylation is 1. The number of halogens is 1. The van der Waals surface area contributed by atoms with Crippen LogP contribution in [0.3, 0.4) is 0 Å². The number of ether oxygens (including phenoxy) is 1. The van der Waals surface area contributed by atoms with Crippen molar-refractivity contribution >= 4 is 15.9 Å². The van der Waals surface area contributed by atoms with Crippen LogP contribution in [0.15, 0.2) is 46.9 Å². The molecule has 106 valence electrons. The van der Waals surface area contributed by atoms with Crippen LogP contribution in [0.25, 0.3) is 0 Å². The number of benzene rings is 2. The number of hydrogen-bond acceptors (Lipinski definition) is 2. The molecule has 0 radical (unpaired) electrons. The van der Waals surface area contributed by atoms with E-state index in [2.05, 4.69) is 59.3 Å². The fourth-order valence-corrected chi connectivity index (χ4v) is 3.01. The Bertz CT molecular complexity index is 583. The molecule has 2 rings (SSSR count). The summed E-state index contributed by atoms with van der Waals surface area (Å²) in [4.78, 5) is 0. The summed E-state index contributed by atoms with van der Waals surface area (Å²) >= 11 is 3.52. The Balaban J connectivity index is 2.19. The lowest BCUT2D eigenvalue weighted by atomic mass is 9.94. The molecule has 0 heterocycles. The lowest BCUT2D eigenvalue weighted by molar-refractivity contribution is 0.412. The molecule has 1 atom stereocenters. The minimum atomic E-state index is 0.0199. The van der Waals surface area contributed by atoms with Crippen LogP contribution < -0.4 is 10.5 Å². The van der Waals surface area contributed by atoms with Crippen LogP contribution in [0.1, 0.15) is 29.7 Å². The molecule has 2 aromatic rings. The van der Waals surface area contributed by atoms with E-state index >= 15 is 0 Å². The topological polar surface area (TPSA) is 35.2 Å². The highest BCUT2D eigenvalue weighted by atomic mass is 79.9. The largest absolute Gasteiger partial charge is 0.496 e. The third-order valence-corrected chi connectivity index (χ3v) is 4.13. The predicted octanol–water partition coefficient (Wildman–Crippen LogP) is 4.26. The van der Waals surface area contributed by atoms with Crippen molar-refractivity contribution in [2.75, 3.05) is 7.11 Å². The maximum atomic E-state index is 6.38. The fraction of sp³-hybridized carbons (Fsp3) is 0.294. The third kappa shape index (κ3) is 3.41. The summed E-state index contributed by atoms with van der Waals surface area (Å²) in [6.07, 6.45) is 1.83. The van der Waals surface area contributed by atoms with E-state index in [1.54, 1.807) is 7.11 Å². The Labute approximate surface area is 129 Å². The first-order valence-corrected chi connectivity index (χ1v) is 7.60. The van der Waals surface area contributed by atoms with Crippen molar-refractivity contribution in [2.24, 2.45) is 5.73 Å². The average molecular weight is 334 g/mol. The van der Waals surface area contributed by atoms with E-state index in [1.165, 1.54) is 16.7 Å². The molecule has 0 saturated carbocycles. The average Bonchev–Trinajstić information content (AvgIpc) is 2.47. The summed E-state index contributed by atoms with van der Waals surface area (Å²) in [6, 6.07) is 14.5. The number of nitrogens with two attached hydrogens (primary N) is 1. The van der Waals surface area contributed by atoms with Crippen molar-refractivity contribution < 1.29 is 4.74 Å². The SMILES string of the molecule is CCc1ccccc1C(N)Cc1ccc(OC)c(Br)c1. The Kier molecular flexibility index (Phi) is 5.21. The molecular formula is C17H20BrNO.